The smallest absolute Gasteiger partial charge is 0.227 e. The van der Waals surface area contributed by atoms with Crippen molar-refractivity contribution in [1.29, 1.82) is 0 Å². The SMILES string of the molecule is CCN1CCCC1CN1CC(C(=O)N2CCC(CNC)CC2)CC1=O. The molecule has 0 saturated carbocycles. The summed E-state index contributed by atoms with van der Waals surface area (Å²) in [5, 5.41) is 3.23. The number of rotatable bonds is 6. The summed E-state index contributed by atoms with van der Waals surface area (Å²) in [6, 6.07) is 0.486. The molecule has 3 fully saturated rings. The van der Waals surface area contributed by atoms with E-state index < -0.39 is 0 Å². The first-order valence-electron chi connectivity index (χ1n) is 10.1. The quantitative estimate of drug-likeness (QED) is 0.769. The van der Waals surface area contributed by atoms with E-state index in [1.165, 1.54) is 12.8 Å². The second-order valence-electron chi connectivity index (χ2n) is 7.95. The van der Waals surface area contributed by atoms with Gasteiger partial charge in [0.25, 0.3) is 0 Å². The first-order chi connectivity index (χ1) is 12.1. The number of amides is 2. The Morgan fingerprint density at radius 3 is 2.64 bits per heavy atom. The summed E-state index contributed by atoms with van der Waals surface area (Å²) >= 11 is 0. The molecule has 6 heteroatoms. The van der Waals surface area contributed by atoms with E-state index in [1.54, 1.807) is 0 Å². The van der Waals surface area contributed by atoms with Gasteiger partial charge >= 0.3 is 0 Å². The summed E-state index contributed by atoms with van der Waals surface area (Å²) in [7, 11) is 1.99. The van der Waals surface area contributed by atoms with Gasteiger partial charge in [-0.25, -0.2) is 0 Å². The fourth-order valence-electron chi connectivity index (χ4n) is 4.79. The molecule has 3 saturated heterocycles. The maximum Gasteiger partial charge on any atom is 0.227 e. The number of piperidine rings is 1. The van der Waals surface area contributed by atoms with Crippen molar-refractivity contribution in [2.24, 2.45) is 11.8 Å². The van der Waals surface area contributed by atoms with Crippen LogP contribution in [0.25, 0.3) is 0 Å². The first kappa shape index (κ1) is 18.6. The lowest BCUT2D eigenvalue weighted by atomic mass is 9.95. The lowest BCUT2D eigenvalue weighted by molar-refractivity contribution is -0.137. The first-order valence-corrected chi connectivity index (χ1v) is 10.1. The Morgan fingerprint density at radius 2 is 1.96 bits per heavy atom. The van der Waals surface area contributed by atoms with E-state index in [9.17, 15) is 9.59 Å². The van der Waals surface area contributed by atoms with Crippen molar-refractivity contribution >= 4 is 11.8 Å². The summed E-state index contributed by atoms with van der Waals surface area (Å²) in [5.74, 6) is 0.937. The molecule has 6 nitrogen and oxygen atoms in total. The normalized spacial score (nSPS) is 29.0. The molecule has 2 unspecified atom stereocenters. The molecule has 0 spiro atoms. The van der Waals surface area contributed by atoms with Crippen LogP contribution in [0.3, 0.4) is 0 Å². The van der Waals surface area contributed by atoms with Crippen LogP contribution in [0.1, 0.15) is 39.0 Å². The molecule has 1 N–H and O–H groups in total. The van der Waals surface area contributed by atoms with Crippen LogP contribution in [0.5, 0.6) is 0 Å². The largest absolute Gasteiger partial charge is 0.342 e. The number of nitrogens with zero attached hydrogens (tertiary/aromatic N) is 3. The molecule has 0 bridgehead atoms. The van der Waals surface area contributed by atoms with Gasteiger partial charge in [-0.2, -0.15) is 0 Å². The average molecular weight is 351 g/mol. The molecule has 0 radical (unpaired) electrons. The predicted molar refractivity (Wildman–Crippen MR) is 98.2 cm³/mol. The van der Waals surface area contributed by atoms with E-state index in [-0.39, 0.29) is 17.7 Å². The van der Waals surface area contributed by atoms with Gasteiger partial charge in [0.1, 0.15) is 0 Å². The van der Waals surface area contributed by atoms with E-state index in [0.717, 1.165) is 52.1 Å². The highest BCUT2D eigenvalue weighted by Crippen LogP contribution is 2.26. The zero-order valence-corrected chi connectivity index (χ0v) is 15.9. The molecular formula is C19H34N4O2. The fraction of sp³-hybridized carbons (Fsp3) is 0.895. The van der Waals surface area contributed by atoms with Crippen LogP contribution in [0.2, 0.25) is 0 Å². The van der Waals surface area contributed by atoms with E-state index in [1.807, 2.05) is 16.8 Å². The summed E-state index contributed by atoms with van der Waals surface area (Å²) in [5.41, 5.74) is 0. The van der Waals surface area contributed by atoms with Gasteiger partial charge in [0.15, 0.2) is 0 Å². The van der Waals surface area contributed by atoms with Crippen molar-refractivity contribution in [2.75, 3.05) is 52.9 Å². The molecule has 0 aromatic carbocycles. The number of carbonyl (C=O) groups is 2. The predicted octanol–water partition coefficient (Wildman–Crippen LogP) is 0.777. The van der Waals surface area contributed by atoms with Gasteiger partial charge in [0.2, 0.25) is 11.8 Å². The van der Waals surface area contributed by atoms with Crippen molar-refractivity contribution in [3.05, 3.63) is 0 Å². The standard InChI is InChI=1S/C19H34N4O2/c1-3-21-8-4-5-17(21)14-23-13-16(11-18(23)24)19(25)22-9-6-15(7-10-22)12-20-2/h15-17,20H,3-14H2,1-2H3. The van der Waals surface area contributed by atoms with Crippen LogP contribution in [0.15, 0.2) is 0 Å². The minimum atomic E-state index is -0.121. The Morgan fingerprint density at radius 1 is 1.20 bits per heavy atom. The third kappa shape index (κ3) is 4.34. The van der Waals surface area contributed by atoms with Gasteiger partial charge in [-0.1, -0.05) is 6.92 Å². The highest BCUT2D eigenvalue weighted by atomic mass is 16.2. The molecule has 3 aliphatic heterocycles. The van der Waals surface area contributed by atoms with Crippen molar-refractivity contribution in [3.8, 4) is 0 Å². The number of hydrogen-bond acceptors (Lipinski definition) is 4. The van der Waals surface area contributed by atoms with Crippen LogP contribution in [0, 0.1) is 11.8 Å². The third-order valence-corrected chi connectivity index (χ3v) is 6.32. The molecular weight excluding hydrogens is 316 g/mol. The Hall–Kier alpha value is -1.14. The zero-order chi connectivity index (χ0) is 17.8. The minimum Gasteiger partial charge on any atom is -0.342 e. The highest BCUT2D eigenvalue weighted by Gasteiger charge is 2.39. The summed E-state index contributed by atoms with van der Waals surface area (Å²) in [6.45, 7) is 8.55. The Bertz CT molecular complexity index is 476. The number of likely N-dealkylation sites (N-methyl/N-ethyl adjacent to an activating group) is 1. The molecule has 142 valence electrons. The number of hydrogen-bond donors (Lipinski definition) is 1. The van der Waals surface area contributed by atoms with Crippen LogP contribution in [-0.4, -0.2) is 85.4 Å². The Kier molecular flexibility index (Phi) is 6.34. The Labute approximate surface area is 151 Å². The van der Waals surface area contributed by atoms with E-state index in [2.05, 4.69) is 17.1 Å². The molecule has 0 aliphatic carbocycles. The number of nitrogens with one attached hydrogen (secondary N) is 1. The summed E-state index contributed by atoms with van der Waals surface area (Å²) < 4.78 is 0. The topological polar surface area (TPSA) is 55.9 Å². The lowest BCUT2D eigenvalue weighted by Crippen LogP contribution is -2.44. The van der Waals surface area contributed by atoms with E-state index in [0.29, 0.717) is 24.9 Å². The molecule has 3 aliphatic rings. The maximum absolute atomic E-state index is 12.8. The highest BCUT2D eigenvalue weighted by molar-refractivity contribution is 5.89. The molecule has 0 aromatic heterocycles. The molecule has 0 aromatic rings. The molecule has 2 amide bonds. The van der Waals surface area contributed by atoms with E-state index in [4.69, 9.17) is 0 Å². The molecule has 3 rings (SSSR count). The van der Waals surface area contributed by atoms with Crippen LogP contribution in [0.4, 0.5) is 0 Å². The number of likely N-dealkylation sites (tertiary alicyclic amines) is 3. The van der Waals surface area contributed by atoms with Gasteiger partial charge in [0.05, 0.1) is 5.92 Å². The van der Waals surface area contributed by atoms with E-state index >= 15 is 0 Å². The zero-order valence-electron chi connectivity index (χ0n) is 15.9. The third-order valence-electron chi connectivity index (χ3n) is 6.32. The second kappa shape index (κ2) is 8.49. The monoisotopic (exact) mass is 350 g/mol. The van der Waals surface area contributed by atoms with Crippen LogP contribution >= 0.6 is 0 Å². The molecule has 2 atom stereocenters. The van der Waals surface area contributed by atoms with Crippen molar-refractivity contribution in [2.45, 2.75) is 45.1 Å². The van der Waals surface area contributed by atoms with Gasteiger partial charge in [-0.05, 0) is 58.3 Å². The molecule has 25 heavy (non-hydrogen) atoms. The van der Waals surface area contributed by atoms with Crippen molar-refractivity contribution < 1.29 is 9.59 Å². The van der Waals surface area contributed by atoms with Crippen molar-refractivity contribution in [3.63, 3.8) is 0 Å². The minimum absolute atomic E-state index is 0.121. The Balaban J connectivity index is 1.49. The van der Waals surface area contributed by atoms with Crippen LogP contribution in [-0.2, 0) is 9.59 Å². The molecule has 3 heterocycles. The fourth-order valence-corrected chi connectivity index (χ4v) is 4.79. The van der Waals surface area contributed by atoms with Crippen molar-refractivity contribution in [1.82, 2.24) is 20.0 Å². The second-order valence-corrected chi connectivity index (χ2v) is 7.95. The summed E-state index contributed by atoms with van der Waals surface area (Å²) in [6.07, 6.45) is 4.96. The lowest BCUT2D eigenvalue weighted by Gasteiger charge is -2.33. The van der Waals surface area contributed by atoms with Gasteiger partial charge < -0.3 is 15.1 Å². The number of carbonyl (C=O) groups excluding carboxylic acids is 2. The maximum atomic E-state index is 12.8. The summed E-state index contributed by atoms with van der Waals surface area (Å²) in [4.78, 5) is 31.7. The van der Waals surface area contributed by atoms with Gasteiger partial charge in [-0.15, -0.1) is 0 Å². The average Bonchev–Trinajstić information content (AvgIpc) is 3.22. The van der Waals surface area contributed by atoms with Gasteiger partial charge in [-0.3, -0.25) is 14.5 Å². The van der Waals surface area contributed by atoms with Crippen LogP contribution < -0.4 is 5.32 Å². The van der Waals surface area contributed by atoms with Gasteiger partial charge in [0, 0.05) is 38.6 Å².